The highest BCUT2D eigenvalue weighted by atomic mass is 127. The topological polar surface area (TPSA) is 39.2 Å². The second-order valence-corrected chi connectivity index (χ2v) is 6.05. The number of hydrogen-bond donors (Lipinski definition) is 0. The van der Waals surface area contributed by atoms with Crippen molar-refractivity contribution in [2.75, 3.05) is 6.61 Å². The van der Waals surface area contributed by atoms with Gasteiger partial charge in [-0.25, -0.2) is 9.78 Å². The number of nitrogens with zero attached hydrogens (tertiary/aromatic N) is 1. The lowest BCUT2D eigenvalue weighted by Gasteiger charge is -2.09. The molecule has 3 rings (SSSR count). The SMILES string of the molecule is CCOC(=O)c1cc(-c2ccc(I)cc2)nc2ccccc12. The van der Waals surface area contributed by atoms with Gasteiger partial charge in [0.2, 0.25) is 0 Å². The van der Waals surface area contributed by atoms with Crippen molar-refractivity contribution in [1.82, 2.24) is 4.98 Å². The molecule has 0 saturated carbocycles. The number of aromatic nitrogens is 1. The van der Waals surface area contributed by atoms with E-state index in [1.54, 1.807) is 6.92 Å². The first-order valence-corrected chi connectivity index (χ1v) is 8.10. The summed E-state index contributed by atoms with van der Waals surface area (Å²) in [6.45, 7) is 2.16. The molecule has 0 radical (unpaired) electrons. The van der Waals surface area contributed by atoms with Crippen LogP contribution in [0.25, 0.3) is 22.2 Å². The van der Waals surface area contributed by atoms with Crippen LogP contribution in [0.15, 0.2) is 54.6 Å². The maximum absolute atomic E-state index is 12.2. The summed E-state index contributed by atoms with van der Waals surface area (Å²) in [5.41, 5.74) is 3.11. The van der Waals surface area contributed by atoms with E-state index in [1.807, 2.05) is 54.6 Å². The van der Waals surface area contributed by atoms with Crippen molar-refractivity contribution in [3.8, 4) is 11.3 Å². The molecular formula is C18H14INO2. The van der Waals surface area contributed by atoms with Gasteiger partial charge in [0.1, 0.15) is 0 Å². The van der Waals surface area contributed by atoms with E-state index in [0.717, 1.165) is 25.7 Å². The third kappa shape index (κ3) is 2.97. The molecule has 0 spiro atoms. The summed E-state index contributed by atoms with van der Waals surface area (Å²) in [5, 5.41) is 0.815. The molecular weight excluding hydrogens is 389 g/mol. The van der Waals surface area contributed by atoms with E-state index < -0.39 is 0 Å². The zero-order valence-corrected chi connectivity index (χ0v) is 14.2. The van der Waals surface area contributed by atoms with Gasteiger partial charge in [0, 0.05) is 14.5 Å². The highest BCUT2D eigenvalue weighted by Crippen LogP contribution is 2.26. The Morgan fingerprint density at radius 2 is 1.86 bits per heavy atom. The Morgan fingerprint density at radius 1 is 1.14 bits per heavy atom. The summed E-state index contributed by atoms with van der Waals surface area (Å²) in [6, 6.07) is 17.5. The third-order valence-corrected chi connectivity index (χ3v) is 4.07. The monoisotopic (exact) mass is 403 g/mol. The largest absolute Gasteiger partial charge is 0.462 e. The number of fused-ring (bicyclic) bond motifs is 1. The molecule has 2 aromatic carbocycles. The van der Waals surface area contributed by atoms with E-state index in [2.05, 4.69) is 27.6 Å². The predicted octanol–water partition coefficient (Wildman–Crippen LogP) is 4.68. The summed E-state index contributed by atoms with van der Waals surface area (Å²) in [5.74, 6) is -0.312. The number of benzene rings is 2. The maximum Gasteiger partial charge on any atom is 0.338 e. The number of ether oxygens (including phenoxy) is 1. The first-order chi connectivity index (χ1) is 10.7. The minimum atomic E-state index is -0.312. The molecule has 0 amide bonds. The van der Waals surface area contributed by atoms with Gasteiger partial charge in [0.15, 0.2) is 0 Å². The summed E-state index contributed by atoms with van der Waals surface area (Å²) >= 11 is 2.26. The molecule has 0 fully saturated rings. The average molecular weight is 403 g/mol. The van der Waals surface area contributed by atoms with Gasteiger partial charge in [-0.1, -0.05) is 30.3 Å². The number of hydrogen-bond acceptors (Lipinski definition) is 3. The van der Waals surface area contributed by atoms with Gasteiger partial charge in [0.05, 0.1) is 23.4 Å². The number of pyridine rings is 1. The molecule has 0 N–H and O–H groups in total. The highest BCUT2D eigenvalue weighted by molar-refractivity contribution is 14.1. The van der Waals surface area contributed by atoms with Crippen LogP contribution in [-0.2, 0) is 4.74 Å². The molecule has 1 heterocycles. The summed E-state index contributed by atoms with van der Waals surface area (Å²) in [7, 11) is 0. The number of carbonyl (C=O) groups is 1. The van der Waals surface area contributed by atoms with Gasteiger partial charge >= 0.3 is 5.97 Å². The molecule has 110 valence electrons. The Kier molecular flexibility index (Phi) is 4.38. The van der Waals surface area contributed by atoms with Crippen molar-refractivity contribution in [2.45, 2.75) is 6.92 Å². The standard InChI is InChI=1S/C18H14INO2/c1-2-22-18(21)15-11-17(12-7-9-13(19)10-8-12)20-16-6-4-3-5-14(15)16/h3-11H,2H2,1H3. The fourth-order valence-electron chi connectivity index (χ4n) is 2.32. The fourth-order valence-corrected chi connectivity index (χ4v) is 2.68. The lowest BCUT2D eigenvalue weighted by Crippen LogP contribution is -2.06. The zero-order valence-electron chi connectivity index (χ0n) is 12.0. The smallest absolute Gasteiger partial charge is 0.338 e. The summed E-state index contributed by atoms with van der Waals surface area (Å²) in [4.78, 5) is 16.9. The molecule has 0 atom stereocenters. The first-order valence-electron chi connectivity index (χ1n) is 7.02. The van der Waals surface area contributed by atoms with Crippen molar-refractivity contribution >= 4 is 39.5 Å². The van der Waals surface area contributed by atoms with Crippen LogP contribution in [0.1, 0.15) is 17.3 Å². The van der Waals surface area contributed by atoms with Crippen LogP contribution in [0.3, 0.4) is 0 Å². The minimum Gasteiger partial charge on any atom is -0.462 e. The molecule has 0 bridgehead atoms. The van der Waals surface area contributed by atoms with E-state index >= 15 is 0 Å². The third-order valence-electron chi connectivity index (χ3n) is 3.35. The van der Waals surface area contributed by atoms with E-state index in [1.165, 1.54) is 0 Å². The molecule has 0 aliphatic rings. The number of halogens is 1. The maximum atomic E-state index is 12.2. The average Bonchev–Trinajstić information content (AvgIpc) is 2.54. The van der Waals surface area contributed by atoms with Crippen molar-refractivity contribution in [2.24, 2.45) is 0 Å². The molecule has 0 aliphatic heterocycles. The first kappa shape index (κ1) is 15.0. The van der Waals surface area contributed by atoms with Gasteiger partial charge in [-0.2, -0.15) is 0 Å². The van der Waals surface area contributed by atoms with E-state index in [0.29, 0.717) is 12.2 Å². The molecule has 0 saturated heterocycles. The molecule has 0 unspecified atom stereocenters. The number of carbonyl (C=O) groups excluding carboxylic acids is 1. The molecule has 0 aliphatic carbocycles. The summed E-state index contributed by atoms with van der Waals surface area (Å²) in [6.07, 6.45) is 0. The van der Waals surface area contributed by atoms with Gasteiger partial charge in [-0.15, -0.1) is 0 Å². The van der Waals surface area contributed by atoms with Crippen LogP contribution in [0.5, 0.6) is 0 Å². The zero-order chi connectivity index (χ0) is 15.5. The summed E-state index contributed by atoms with van der Waals surface area (Å²) < 4.78 is 6.34. The fraction of sp³-hybridized carbons (Fsp3) is 0.111. The van der Waals surface area contributed by atoms with Crippen molar-refractivity contribution in [3.05, 3.63) is 63.7 Å². The van der Waals surface area contributed by atoms with Crippen molar-refractivity contribution < 1.29 is 9.53 Å². The predicted molar refractivity (Wildman–Crippen MR) is 95.9 cm³/mol. The molecule has 4 heteroatoms. The molecule has 3 nitrogen and oxygen atoms in total. The quantitative estimate of drug-likeness (QED) is 0.471. The Bertz CT molecular complexity index is 828. The number of para-hydroxylation sites is 1. The Balaban J connectivity index is 2.20. The van der Waals surface area contributed by atoms with E-state index in [9.17, 15) is 4.79 Å². The van der Waals surface area contributed by atoms with Crippen LogP contribution in [-0.4, -0.2) is 17.6 Å². The molecule has 3 aromatic rings. The van der Waals surface area contributed by atoms with Crippen LogP contribution >= 0.6 is 22.6 Å². The van der Waals surface area contributed by atoms with Crippen LogP contribution < -0.4 is 0 Å². The van der Waals surface area contributed by atoms with Crippen LogP contribution in [0.2, 0.25) is 0 Å². The minimum absolute atomic E-state index is 0.312. The van der Waals surface area contributed by atoms with E-state index in [4.69, 9.17) is 4.74 Å². The van der Waals surface area contributed by atoms with Gasteiger partial charge in [0.25, 0.3) is 0 Å². The number of rotatable bonds is 3. The van der Waals surface area contributed by atoms with Crippen molar-refractivity contribution in [3.63, 3.8) is 0 Å². The second kappa shape index (κ2) is 6.44. The van der Waals surface area contributed by atoms with E-state index in [-0.39, 0.29) is 5.97 Å². The van der Waals surface area contributed by atoms with Gasteiger partial charge in [-0.3, -0.25) is 0 Å². The molecule has 1 aromatic heterocycles. The Labute approximate surface area is 142 Å². The lowest BCUT2D eigenvalue weighted by atomic mass is 10.0. The second-order valence-electron chi connectivity index (χ2n) is 4.80. The van der Waals surface area contributed by atoms with Crippen LogP contribution in [0.4, 0.5) is 0 Å². The Hall–Kier alpha value is -1.95. The van der Waals surface area contributed by atoms with Gasteiger partial charge < -0.3 is 4.74 Å². The normalized spacial score (nSPS) is 10.6. The Morgan fingerprint density at radius 3 is 2.59 bits per heavy atom. The van der Waals surface area contributed by atoms with Crippen molar-refractivity contribution in [1.29, 1.82) is 0 Å². The lowest BCUT2D eigenvalue weighted by molar-refractivity contribution is 0.0528. The molecule has 22 heavy (non-hydrogen) atoms. The van der Waals surface area contributed by atoms with Gasteiger partial charge in [-0.05, 0) is 53.8 Å². The highest BCUT2D eigenvalue weighted by Gasteiger charge is 2.14. The van der Waals surface area contributed by atoms with Crippen LogP contribution in [0, 0.1) is 3.57 Å². The number of esters is 1.